The molecule has 1 fully saturated rings. The number of hydrogen-bond acceptors (Lipinski definition) is 2. The average Bonchev–Trinajstić information content (AvgIpc) is 2.49. The number of rotatable bonds is 4. The van der Waals surface area contributed by atoms with Crippen LogP contribution in [0.5, 0.6) is 0 Å². The molecule has 0 spiro atoms. The van der Waals surface area contributed by atoms with Gasteiger partial charge in [0.2, 0.25) is 5.91 Å². The Kier molecular flexibility index (Phi) is 5.68. The van der Waals surface area contributed by atoms with E-state index in [4.69, 9.17) is 0 Å². The smallest absolute Gasteiger partial charge is 0.326 e. The van der Waals surface area contributed by atoms with Crippen LogP contribution in [0.4, 0.5) is 18.9 Å². The van der Waals surface area contributed by atoms with E-state index < -0.39 is 11.7 Å². The number of halogens is 3. The molecule has 0 saturated carbocycles. The van der Waals surface area contributed by atoms with Crippen molar-refractivity contribution in [2.24, 2.45) is 11.8 Å². The fourth-order valence-electron chi connectivity index (χ4n) is 2.96. The molecule has 6 heteroatoms. The Morgan fingerprint density at radius 1 is 1.43 bits per heavy atom. The minimum Gasteiger partial charge on any atom is -0.326 e. The lowest BCUT2D eigenvalue weighted by Crippen LogP contribution is -2.34. The van der Waals surface area contributed by atoms with Gasteiger partial charge < -0.3 is 10.6 Å². The summed E-state index contributed by atoms with van der Waals surface area (Å²) in [7, 11) is 0. The zero-order chi connectivity index (χ0) is 17.0. The van der Waals surface area contributed by atoms with Gasteiger partial charge in [-0.05, 0) is 62.4 Å². The third-order valence-corrected chi connectivity index (χ3v) is 4.49. The number of aryl methyl sites for hydroxylation is 1. The predicted octanol–water partition coefficient (Wildman–Crippen LogP) is 3.98. The number of hydrogen-bond donors (Lipinski definition) is 2. The van der Waals surface area contributed by atoms with Gasteiger partial charge in [-0.1, -0.05) is 13.0 Å². The van der Waals surface area contributed by atoms with Crippen molar-refractivity contribution in [3.63, 3.8) is 0 Å². The molecular formula is C17H23F3N2O. The van der Waals surface area contributed by atoms with Crippen LogP contribution in [0.15, 0.2) is 18.2 Å². The summed E-state index contributed by atoms with van der Waals surface area (Å²) in [5.74, 6) is 0.413. The second-order valence-corrected chi connectivity index (χ2v) is 6.36. The fourth-order valence-corrected chi connectivity index (χ4v) is 2.96. The molecule has 1 heterocycles. The summed E-state index contributed by atoms with van der Waals surface area (Å²) < 4.78 is 38.3. The van der Waals surface area contributed by atoms with Crippen LogP contribution in [-0.2, 0) is 11.0 Å². The van der Waals surface area contributed by atoms with Gasteiger partial charge in [0, 0.05) is 12.1 Å². The summed E-state index contributed by atoms with van der Waals surface area (Å²) in [6.45, 7) is 5.62. The van der Waals surface area contributed by atoms with Gasteiger partial charge in [-0.3, -0.25) is 4.79 Å². The fraction of sp³-hybridized carbons (Fsp3) is 0.588. The van der Waals surface area contributed by atoms with Gasteiger partial charge in [0.25, 0.3) is 0 Å². The van der Waals surface area contributed by atoms with Crippen LogP contribution in [0, 0.1) is 18.8 Å². The third kappa shape index (κ3) is 4.96. The molecule has 0 aliphatic carbocycles. The first-order valence-corrected chi connectivity index (χ1v) is 7.96. The van der Waals surface area contributed by atoms with E-state index in [1.165, 1.54) is 6.07 Å². The summed E-state index contributed by atoms with van der Waals surface area (Å²) in [4.78, 5) is 12.2. The maximum Gasteiger partial charge on any atom is 0.416 e. The lowest BCUT2D eigenvalue weighted by molar-refractivity contribution is -0.137. The van der Waals surface area contributed by atoms with Crippen LogP contribution in [0.2, 0.25) is 0 Å². The first-order chi connectivity index (χ1) is 10.8. The van der Waals surface area contributed by atoms with E-state index in [1.807, 2.05) is 6.92 Å². The number of alkyl halides is 3. The average molecular weight is 328 g/mol. The highest BCUT2D eigenvalue weighted by atomic mass is 19.4. The van der Waals surface area contributed by atoms with Crippen LogP contribution in [0.1, 0.15) is 37.3 Å². The number of nitrogens with one attached hydrogen (secondary N) is 2. The first kappa shape index (κ1) is 17.8. The van der Waals surface area contributed by atoms with E-state index in [-0.39, 0.29) is 17.5 Å². The molecule has 0 aromatic heterocycles. The molecule has 128 valence electrons. The molecule has 2 unspecified atom stereocenters. The van der Waals surface area contributed by atoms with E-state index in [0.717, 1.165) is 38.1 Å². The van der Waals surface area contributed by atoms with Crippen LogP contribution in [0.3, 0.4) is 0 Å². The molecule has 0 radical (unpaired) electrons. The summed E-state index contributed by atoms with van der Waals surface area (Å²) in [6.07, 6.45) is -1.90. The zero-order valence-electron chi connectivity index (χ0n) is 13.5. The van der Waals surface area contributed by atoms with Crippen LogP contribution in [-0.4, -0.2) is 19.0 Å². The molecule has 1 saturated heterocycles. The normalized spacial score (nSPS) is 20.1. The highest BCUT2D eigenvalue weighted by Crippen LogP contribution is 2.32. The van der Waals surface area contributed by atoms with Gasteiger partial charge in [0.15, 0.2) is 0 Å². The molecule has 2 rings (SSSR count). The molecule has 1 amide bonds. The quantitative estimate of drug-likeness (QED) is 0.878. The minimum absolute atomic E-state index is 0.203. The van der Waals surface area contributed by atoms with Gasteiger partial charge in [0.1, 0.15) is 0 Å². The topological polar surface area (TPSA) is 41.1 Å². The Labute approximate surface area is 134 Å². The van der Waals surface area contributed by atoms with Gasteiger partial charge in [0.05, 0.1) is 5.56 Å². The van der Waals surface area contributed by atoms with Crippen molar-refractivity contribution < 1.29 is 18.0 Å². The lowest BCUT2D eigenvalue weighted by Gasteiger charge is -2.28. The van der Waals surface area contributed by atoms with Gasteiger partial charge in [-0.15, -0.1) is 0 Å². The highest BCUT2D eigenvalue weighted by Gasteiger charge is 2.31. The minimum atomic E-state index is -4.41. The lowest BCUT2D eigenvalue weighted by atomic mass is 9.85. The molecule has 2 N–H and O–H groups in total. The predicted molar refractivity (Wildman–Crippen MR) is 84.2 cm³/mol. The third-order valence-electron chi connectivity index (χ3n) is 4.49. The zero-order valence-corrected chi connectivity index (χ0v) is 13.5. The Morgan fingerprint density at radius 2 is 2.17 bits per heavy atom. The van der Waals surface area contributed by atoms with Crippen molar-refractivity contribution in [3.05, 3.63) is 29.3 Å². The van der Waals surface area contributed by atoms with E-state index in [1.54, 1.807) is 6.92 Å². The van der Waals surface area contributed by atoms with Crippen molar-refractivity contribution in [2.75, 3.05) is 18.4 Å². The molecule has 1 aromatic carbocycles. The highest BCUT2D eigenvalue weighted by molar-refractivity contribution is 5.91. The second kappa shape index (κ2) is 7.34. The molecule has 1 aliphatic rings. The molecule has 23 heavy (non-hydrogen) atoms. The number of piperidine rings is 1. The van der Waals surface area contributed by atoms with Crippen molar-refractivity contribution in [3.8, 4) is 0 Å². The van der Waals surface area contributed by atoms with Gasteiger partial charge in [-0.2, -0.15) is 13.2 Å². The maximum absolute atomic E-state index is 12.8. The molecule has 0 bridgehead atoms. The standard InChI is InChI=1S/C17H23F3N2O/c1-11-5-6-14(17(18,19)20)9-15(11)22-16(23)8-12(2)13-4-3-7-21-10-13/h5-6,9,12-13,21H,3-4,7-8,10H2,1-2H3,(H,22,23). The Bertz CT molecular complexity index is 551. The van der Waals surface area contributed by atoms with E-state index in [2.05, 4.69) is 10.6 Å². The Balaban J connectivity index is 1.99. The molecule has 3 nitrogen and oxygen atoms in total. The summed E-state index contributed by atoms with van der Waals surface area (Å²) >= 11 is 0. The van der Waals surface area contributed by atoms with E-state index >= 15 is 0 Å². The van der Waals surface area contributed by atoms with Crippen LogP contribution >= 0.6 is 0 Å². The SMILES string of the molecule is Cc1ccc(C(F)(F)F)cc1NC(=O)CC(C)C1CCCNC1. The maximum atomic E-state index is 12.8. The summed E-state index contributed by atoms with van der Waals surface area (Å²) in [5, 5.41) is 5.95. The number of carbonyl (C=O) groups excluding carboxylic acids is 1. The Hall–Kier alpha value is -1.56. The van der Waals surface area contributed by atoms with Crippen molar-refractivity contribution in [1.82, 2.24) is 5.32 Å². The molecular weight excluding hydrogens is 305 g/mol. The van der Waals surface area contributed by atoms with E-state index in [0.29, 0.717) is 17.9 Å². The van der Waals surface area contributed by atoms with Crippen molar-refractivity contribution in [1.29, 1.82) is 0 Å². The van der Waals surface area contributed by atoms with E-state index in [9.17, 15) is 18.0 Å². The van der Waals surface area contributed by atoms with Crippen LogP contribution in [0.25, 0.3) is 0 Å². The molecule has 1 aliphatic heterocycles. The van der Waals surface area contributed by atoms with Crippen molar-refractivity contribution >= 4 is 11.6 Å². The van der Waals surface area contributed by atoms with Crippen molar-refractivity contribution in [2.45, 2.75) is 39.3 Å². The molecule has 2 atom stereocenters. The number of amides is 1. The summed E-state index contributed by atoms with van der Waals surface area (Å²) in [5.41, 5.74) is 0.111. The van der Waals surface area contributed by atoms with Crippen LogP contribution < -0.4 is 10.6 Å². The number of carbonyl (C=O) groups is 1. The van der Waals surface area contributed by atoms with Gasteiger partial charge >= 0.3 is 6.18 Å². The molecule has 1 aromatic rings. The number of anilines is 1. The number of benzene rings is 1. The monoisotopic (exact) mass is 328 g/mol. The van der Waals surface area contributed by atoms with Gasteiger partial charge in [-0.25, -0.2) is 0 Å². The Morgan fingerprint density at radius 3 is 2.78 bits per heavy atom. The summed E-state index contributed by atoms with van der Waals surface area (Å²) in [6, 6.07) is 3.41. The first-order valence-electron chi connectivity index (χ1n) is 7.96. The second-order valence-electron chi connectivity index (χ2n) is 6.36. The largest absolute Gasteiger partial charge is 0.416 e.